The van der Waals surface area contributed by atoms with Gasteiger partial charge in [-0.25, -0.2) is 15.0 Å². The van der Waals surface area contributed by atoms with Crippen molar-refractivity contribution >= 4 is 75.3 Å². The van der Waals surface area contributed by atoms with E-state index >= 15 is 0 Å². The topological polar surface area (TPSA) is 56.7 Å². The van der Waals surface area contributed by atoms with E-state index in [0.717, 1.165) is 72.0 Å². The lowest BCUT2D eigenvalue weighted by molar-refractivity contribution is 0.669. The smallest absolute Gasteiger partial charge is 0.164 e. The summed E-state index contributed by atoms with van der Waals surface area (Å²) in [5.41, 5.74) is 12.3. The maximum Gasteiger partial charge on any atom is 0.164 e. The molecule has 0 N–H and O–H groups in total. The molecule has 13 rings (SSSR count). The van der Waals surface area contributed by atoms with Gasteiger partial charge in [0.15, 0.2) is 17.5 Å². The number of rotatable bonds is 6. The Balaban J connectivity index is 0.982. The molecule has 0 atom stereocenters. The third kappa shape index (κ3) is 5.73. The summed E-state index contributed by atoms with van der Waals surface area (Å²) in [5, 5.41) is 6.92. The Morgan fingerprint density at radius 3 is 1.73 bits per heavy atom. The Hall–Kier alpha value is -8.19. The van der Waals surface area contributed by atoms with E-state index in [1.807, 2.05) is 6.07 Å². The molecule has 9 aromatic carbocycles. The molecule has 13 aromatic rings. The standard InChI is InChI=1S/C57H34N4OS/c1-2-14-35(15-3-1)36-28-30-37(31-29-36)55-58-56(60-57(59-55)45-21-13-27-52-54(45)44-19-7-11-26-51(44)63-52)38-32-33-43-50(34-38)62-49-25-12-20-42(53(43)49)41-18-6-10-24-48(41)61-46-22-8-4-16-39(46)40-17-5-9-23-47(40)61/h1-34H. The normalized spacial score (nSPS) is 11.8. The van der Waals surface area contributed by atoms with E-state index in [1.165, 1.54) is 36.6 Å². The van der Waals surface area contributed by atoms with E-state index < -0.39 is 0 Å². The molecule has 6 heteroatoms. The maximum absolute atomic E-state index is 6.75. The van der Waals surface area contributed by atoms with Crippen molar-refractivity contribution in [3.63, 3.8) is 0 Å². The first-order valence-corrected chi connectivity index (χ1v) is 21.9. The SMILES string of the molecule is c1ccc(-c2ccc(-c3nc(-c4ccc5c(c4)oc4cccc(-c6ccccc6-n6c7ccccc7c7ccccc76)c45)nc(-c4cccc5sc6ccccc6c45)n3)cc2)cc1. The highest BCUT2D eigenvalue weighted by Gasteiger charge is 2.21. The van der Waals surface area contributed by atoms with Crippen molar-refractivity contribution in [1.82, 2.24) is 19.5 Å². The molecule has 0 saturated carbocycles. The van der Waals surface area contributed by atoms with Gasteiger partial charge in [-0.05, 0) is 65.2 Å². The number of hydrogen-bond acceptors (Lipinski definition) is 5. The minimum Gasteiger partial charge on any atom is -0.456 e. The second-order valence-electron chi connectivity index (χ2n) is 15.9. The van der Waals surface area contributed by atoms with E-state index in [9.17, 15) is 0 Å². The second-order valence-corrected chi connectivity index (χ2v) is 17.0. The third-order valence-electron chi connectivity index (χ3n) is 12.3. The van der Waals surface area contributed by atoms with E-state index in [-0.39, 0.29) is 0 Å². The van der Waals surface area contributed by atoms with Gasteiger partial charge in [0.1, 0.15) is 11.2 Å². The first-order valence-electron chi connectivity index (χ1n) is 21.1. The van der Waals surface area contributed by atoms with Crippen LogP contribution in [0.4, 0.5) is 0 Å². The van der Waals surface area contributed by atoms with Crippen LogP contribution in [0.1, 0.15) is 0 Å². The van der Waals surface area contributed by atoms with Crippen LogP contribution >= 0.6 is 11.3 Å². The number of aromatic nitrogens is 4. The van der Waals surface area contributed by atoms with Crippen molar-refractivity contribution in [3.05, 3.63) is 206 Å². The fourth-order valence-electron chi connectivity index (χ4n) is 9.43. The number of fused-ring (bicyclic) bond motifs is 9. The number of hydrogen-bond donors (Lipinski definition) is 0. The third-order valence-corrected chi connectivity index (χ3v) is 13.4. The number of thiophene rings is 1. The molecule has 4 aromatic heterocycles. The lowest BCUT2D eigenvalue weighted by atomic mass is 9.97. The fourth-order valence-corrected chi connectivity index (χ4v) is 10.6. The summed E-state index contributed by atoms with van der Waals surface area (Å²) in [6.07, 6.45) is 0. The Morgan fingerprint density at radius 1 is 0.349 bits per heavy atom. The highest BCUT2D eigenvalue weighted by Crippen LogP contribution is 2.43. The average molecular weight is 823 g/mol. The van der Waals surface area contributed by atoms with Gasteiger partial charge in [-0.15, -0.1) is 11.3 Å². The van der Waals surface area contributed by atoms with Crippen molar-refractivity contribution in [2.45, 2.75) is 0 Å². The maximum atomic E-state index is 6.75. The van der Waals surface area contributed by atoms with Crippen molar-refractivity contribution in [1.29, 1.82) is 0 Å². The predicted octanol–water partition coefficient (Wildman–Crippen LogP) is 15.6. The predicted molar refractivity (Wildman–Crippen MR) is 262 cm³/mol. The monoisotopic (exact) mass is 822 g/mol. The molecule has 0 aliphatic rings. The van der Waals surface area contributed by atoms with Crippen LogP contribution < -0.4 is 0 Å². The Morgan fingerprint density at radius 2 is 0.921 bits per heavy atom. The summed E-state index contributed by atoms with van der Waals surface area (Å²) in [6.45, 7) is 0. The molecule has 0 bridgehead atoms. The van der Waals surface area contributed by atoms with Gasteiger partial charge in [-0.3, -0.25) is 0 Å². The molecule has 294 valence electrons. The zero-order valence-electron chi connectivity index (χ0n) is 33.7. The lowest BCUT2D eigenvalue weighted by Crippen LogP contribution is -2.00. The number of para-hydroxylation sites is 3. The van der Waals surface area contributed by atoms with Crippen LogP contribution in [0.3, 0.4) is 0 Å². The zero-order valence-corrected chi connectivity index (χ0v) is 34.6. The highest BCUT2D eigenvalue weighted by atomic mass is 32.1. The molecule has 0 aliphatic heterocycles. The van der Waals surface area contributed by atoms with E-state index in [4.69, 9.17) is 19.4 Å². The average Bonchev–Trinajstić information content (AvgIpc) is 4.04. The van der Waals surface area contributed by atoms with Crippen LogP contribution in [0.2, 0.25) is 0 Å². The summed E-state index contributed by atoms with van der Waals surface area (Å²) in [5.74, 6) is 1.82. The molecule has 0 amide bonds. The minimum atomic E-state index is 0.581. The van der Waals surface area contributed by atoms with Crippen LogP contribution in [0.25, 0.3) is 126 Å². The highest BCUT2D eigenvalue weighted by molar-refractivity contribution is 7.25. The summed E-state index contributed by atoms with van der Waals surface area (Å²) >= 11 is 1.79. The van der Waals surface area contributed by atoms with E-state index in [0.29, 0.717) is 17.5 Å². The molecule has 0 saturated heterocycles. The summed E-state index contributed by atoms with van der Waals surface area (Å²) in [6, 6.07) is 72.6. The van der Waals surface area contributed by atoms with Crippen LogP contribution in [0.15, 0.2) is 211 Å². The van der Waals surface area contributed by atoms with Crippen molar-refractivity contribution in [3.8, 4) is 62.1 Å². The molecule has 63 heavy (non-hydrogen) atoms. The van der Waals surface area contributed by atoms with Gasteiger partial charge in [0.2, 0.25) is 0 Å². The molecule has 0 radical (unpaired) electrons. The molecular weight excluding hydrogens is 789 g/mol. The summed E-state index contributed by atoms with van der Waals surface area (Å²) in [4.78, 5) is 15.6. The molecule has 5 nitrogen and oxygen atoms in total. The summed E-state index contributed by atoms with van der Waals surface area (Å²) < 4.78 is 11.6. The number of benzene rings is 9. The zero-order chi connectivity index (χ0) is 41.4. The minimum absolute atomic E-state index is 0.581. The molecule has 0 aliphatic carbocycles. The van der Waals surface area contributed by atoms with E-state index in [1.54, 1.807) is 11.3 Å². The Kier molecular flexibility index (Phi) is 8.01. The quantitative estimate of drug-likeness (QED) is 0.168. The van der Waals surface area contributed by atoms with Crippen molar-refractivity contribution < 1.29 is 4.42 Å². The molecular formula is C57H34N4OS. The van der Waals surface area contributed by atoms with E-state index in [2.05, 4.69) is 205 Å². The van der Waals surface area contributed by atoms with Gasteiger partial charge in [-0.1, -0.05) is 158 Å². The fraction of sp³-hybridized carbons (Fsp3) is 0. The Bertz CT molecular complexity index is 3860. The first kappa shape index (κ1) is 35.6. The van der Waals surface area contributed by atoms with Crippen molar-refractivity contribution in [2.24, 2.45) is 0 Å². The van der Waals surface area contributed by atoms with Crippen LogP contribution in [0.5, 0.6) is 0 Å². The van der Waals surface area contributed by atoms with Gasteiger partial charge in [0, 0.05) is 64.0 Å². The van der Waals surface area contributed by atoms with Gasteiger partial charge in [-0.2, -0.15) is 0 Å². The van der Waals surface area contributed by atoms with Crippen LogP contribution in [-0.2, 0) is 0 Å². The van der Waals surface area contributed by atoms with Crippen molar-refractivity contribution in [2.75, 3.05) is 0 Å². The molecule has 0 unspecified atom stereocenters. The second kappa shape index (κ2) is 14.2. The van der Waals surface area contributed by atoms with Gasteiger partial charge in [0.25, 0.3) is 0 Å². The molecule has 0 fully saturated rings. The largest absolute Gasteiger partial charge is 0.456 e. The van der Waals surface area contributed by atoms with Gasteiger partial charge in [0.05, 0.1) is 16.7 Å². The summed E-state index contributed by atoms with van der Waals surface area (Å²) in [7, 11) is 0. The molecule has 0 spiro atoms. The molecule has 4 heterocycles. The van der Waals surface area contributed by atoms with Gasteiger partial charge < -0.3 is 8.98 Å². The van der Waals surface area contributed by atoms with Crippen LogP contribution in [-0.4, -0.2) is 19.5 Å². The van der Waals surface area contributed by atoms with Crippen LogP contribution in [0, 0.1) is 0 Å². The lowest BCUT2D eigenvalue weighted by Gasteiger charge is -2.14. The first-order chi connectivity index (χ1) is 31.2. The number of nitrogens with zero attached hydrogens (tertiary/aromatic N) is 4. The van der Waals surface area contributed by atoms with Gasteiger partial charge >= 0.3 is 0 Å². The number of furan rings is 1. The Labute approximate surface area is 365 Å².